The normalized spacial score (nSPS) is 35.2. The number of pyridine rings is 1. The molecule has 0 amide bonds. The Kier molecular flexibility index (Phi) is 2.26. The van der Waals surface area contributed by atoms with Crippen LogP contribution in [0, 0.1) is 0 Å². The minimum Gasteiger partial charge on any atom is -0.383 e. The molecule has 3 nitrogen and oxygen atoms in total. The van der Waals surface area contributed by atoms with Gasteiger partial charge in [0.1, 0.15) is 11.2 Å². The molecular weight excluding hydrogens is 244 g/mol. The lowest BCUT2D eigenvalue weighted by Gasteiger charge is -2.35. The number of thioether (sulfide) groups is 1. The number of imidazole rings is 1. The maximum Gasteiger partial charge on any atom is 0.136 e. The largest absolute Gasteiger partial charge is 0.383 e. The van der Waals surface area contributed by atoms with Gasteiger partial charge in [0.15, 0.2) is 0 Å². The van der Waals surface area contributed by atoms with E-state index in [0.29, 0.717) is 10.5 Å². The van der Waals surface area contributed by atoms with Crippen molar-refractivity contribution >= 4 is 17.4 Å². The van der Waals surface area contributed by atoms with Crippen molar-refractivity contribution in [2.75, 3.05) is 0 Å². The van der Waals surface area contributed by atoms with E-state index in [0.717, 1.165) is 24.2 Å². The summed E-state index contributed by atoms with van der Waals surface area (Å²) in [4.78, 5) is 4.41. The summed E-state index contributed by atoms with van der Waals surface area (Å²) in [6, 6.07) is 5.96. The second kappa shape index (κ2) is 3.75. The SMILES string of the molecule is OC1(c2cnc3ccccn23)CC2CCC(C1)S2. The van der Waals surface area contributed by atoms with Gasteiger partial charge in [0, 0.05) is 16.7 Å². The van der Waals surface area contributed by atoms with Gasteiger partial charge in [0.25, 0.3) is 0 Å². The van der Waals surface area contributed by atoms with Gasteiger partial charge in [-0.2, -0.15) is 11.8 Å². The summed E-state index contributed by atoms with van der Waals surface area (Å²) in [5.41, 5.74) is 1.21. The highest BCUT2D eigenvalue weighted by atomic mass is 32.2. The molecule has 0 radical (unpaired) electrons. The number of aromatic nitrogens is 2. The quantitative estimate of drug-likeness (QED) is 0.856. The van der Waals surface area contributed by atoms with E-state index < -0.39 is 5.60 Å². The molecule has 2 unspecified atom stereocenters. The van der Waals surface area contributed by atoms with Gasteiger partial charge in [0.05, 0.1) is 11.9 Å². The summed E-state index contributed by atoms with van der Waals surface area (Å²) >= 11 is 2.07. The second-order valence-corrected chi connectivity index (χ2v) is 7.08. The summed E-state index contributed by atoms with van der Waals surface area (Å²) in [5, 5.41) is 12.3. The number of fused-ring (bicyclic) bond motifs is 3. The van der Waals surface area contributed by atoms with Crippen molar-refractivity contribution in [1.29, 1.82) is 0 Å². The molecular formula is C14H16N2OS. The topological polar surface area (TPSA) is 37.5 Å². The molecule has 0 aromatic carbocycles. The fourth-order valence-electron chi connectivity index (χ4n) is 3.40. The lowest BCUT2D eigenvalue weighted by Crippen LogP contribution is -2.35. The average molecular weight is 260 g/mol. The average Bonchev–Trinajstić information content (AvgIpc) is 2.93. The van der Waals surface area contributed by atoms with Crippen LogP contribution in [0.1, 0.15) is 31.4 Å². The van der Waals surface area contributed by atoms with Crippen LogP contribution >= 0.6 is 11.8 Å². The van der Waals surface area contributed by atoms with Crippen LogP contribution in [0.5, 0.6) is 0 Å². The molecule has 1 N–H and O–H groups in total. The van der Waals surface area contributed by atoms with Crippen LogP contribution in [0.4, 0.5) is 0 Å². The Bertz CT molecular complexity index is 582. The number of aliphatic hydroxyl groups is 1. The summed E-state index contributed by atoms with van der Waals surface area (Å²) in [6.07, 6.45) is 8.11. The molecule has 4 heteroatoms. The second-order valence-electron chi connectivity index (χ2n) is 5.47. The first kappa shape index (κ1) is 10.9. The molecule has 0 saturated carbocycles. The first-order valence-corrected chi connectivity index (χ1v) is 7.49. The van der Waals surface area contributed by atoms with Crippen LogP contribution < -0.4 is 0 Å². The van der Waals surface area contributed by atoms with Gasteiger partial charge in [-0.3, -0.25) is 0 Å². The molecule has 2 fully saturated rings. The van der Waals surface area contributed by atoms with Crippen molar-refractivity contribution in [3.63, 3.8) is 0 Å². The van der Waals surface area contributed by atoms with Crippen molar-refractivity contribution in [1.82, 2.24) is 9.38 Å². The number of rotatable bonds is 1. The fourth-order valence-corrected chi connectivity index (χ4v) is 5.24. The third kappa shape index (κ3) is 1.52. The zero-order chi connectivity index (χ0) is 12.2. The first-order chi connectivity index (χ1) is 8.74. The van der Waals surface area contributed by atoms with E-state index in [4.69, 9.17) is 0 Å². The van der Waals surface area contributed by atoms with E-state index in [-0.39, 0.29) is 0 Å². The number of nitrogens with zero attached hydrogens (tertiary/aromatic N) is 2. The molecule has 0 aliphatic carbocycles. The molecule has 94 valence electrons. The molecule has 2 bridgehead atoms. The zero-order valence-electron chi connectivity index (χ0n) is 10.1. The summed E-state index contributed by atoms with van der Waals surface area (Å²) < 4.78 is 2.04. The lowest BCUT2D eigenvalue weighted by atomic mass is 9.90. The van der Waals surface area contributed by atoms with Crippen LogP contribution in [-0.4, -0.2) is 25.0 Å². The van der Waals surface area contributed by atoms with Crippen LogP contribution in [0.3, 0.4) is 0 Å². The smallest absolute Gasteiger partial charge is 0.136 e. The molecule has 2 saturated heterocycles. The van der Waals surface area contributed by atoms with E-state index in [1.54, 1.807) is 0 Å². The van der Waals surface area contributed by atoms with Crippen molar-refractivity contribution in [2.24, 2.45) is 0 Å². The number of hydrogen-bond acceptors (Lipinski definition) is 3. The maximum absolute atomic E-state index is 11.0. The molecule has 2 aliphatic rings. The molecule has 0 spiro atoms. The predicted molar refractivity (Wildman–Crippen MR) is 72.7 cm³/mol. The van der Waals surface area contributed by atoms with Gasteiger partial charge in [-0.1, -0.05) is 6.07 Å². The van der Waals surface area contributed by atoms with Crippen molar-refractivity contribution < 1.29 is 5.11 Å². The van der Waals surface area contributed by atoms with Gasteiger partial charge in [-0.25, -0.2) is 4.98 Å². The van der Waals surface area contributed by atoms with Crippen molar-refractivity contribution in [2.45, 2.75) is 41.8 Å². The van der Waals surface area contributed by atoms with Gasteiger partial charge >= 0.3 is 0 Å². The lowest BCUT2D eigenvalue weighted by molar-refractivity contribution is 0.0146. The van der Waals surface area contributed by atoms with Gasteiger partial charge in [-0.15, -0.1) is 0 Å². The van der Waals surface area contributed by atoms with E-state index in [9.17, 15) is 5.11 Å². The summed E-state index contributed by atoms with van der Waals surface area (Å²) in [7, 11) is 0. The summed E-state index contributed by atoms with van der Waals surface area (Å²) in [5.74, 6) is 0. The first-order valence-electron chi connectivity index (χ1n) is 6.55. The molecule has 4 rings (SSSR count). The van der Waals surface area contributed by atoms with Gasteiger partial charge in [0.2, 0.25) is 0 Å². The Morgan fingerprint density at radius 1 is 1.28 bits per heavy atom. The third-order valence-electron chi connectivity index (χ3n) is 4.22. The van der Waals surface area contributed by atoms with E-state index in [2.05, 4.69) is 16.7 Å². The van der Waals surface area contributed by atoms with Crippen molar-refractivity contribution in [3.8, 4) is 0 Å². The molecule has 2 aromatic rings. The Labute approximate surface area is 110 Å². The van der Waals surface area contributed by atoms with Gasteiger partial charge in [-0.05, 0) is 37.8 Å². The monoisotopic (exact) mass is 260 g/mol. The highest BCUT2D eigenvalue weighted by Crippen LogP contribution is 2.51. The Hall–Kier alpha value is -1.000. The predicted octanol–water partition coefficient (Wildman–Crippen LogP) is 2.58. The molecule has 2 aliphatic heterocycles. The summed E-state index contributed by atoms with van der Waals surface area (Å²) in [6.45, 7) is 0. The molecule has 4 heterocycles. The standard InChI is InChI=1S/C14H16N2OS/c17-14(7-10-4-5-11(8-14)18-10)12-9-15-13-3-1-2-6-16(12)13/h1-3,6,9-11,17H,4-5,7-8H2. The van der Waals surface area contributed by atoms with Crippen LogP contribution in [0.2, 0.25) is 0 Å². The van der Waals surface area contributed by atoms with E-state index in [1.807, 2.05) is 35.0 Å². The van der Waals surface area contributed by atoms with Gasteiger partial charge < -0.3 is 9.51 Å². The molecule has 2 atom stereocenters. The molecule has 2 aromatic heterocycles. The molecule has 18 heavy (non-hydrogen) atoms. The highest BCUT2D eigenvalue weighted by molar-refractivity contribution is 8.00. The minimum absolute atomic E-state index is 0.628. The minimum atomic E-state index is -0.683. The Balaban J connectivity index is 1.82. The Morgan fingerprint density at radius 2 is 2.06 bits per heavy atom. The van der Waals surface area contributed by atoms with Crippen molar-refractivity contribution in [3.05, 3.63) is 36.3 Å². The maximum atomic E-state index is 11.0. The van der Waals surface area contributed by atoms with Crippen LogP contribution in [0.25, 0.3) is 5.65 Å². The van der Waals surface area contributed by atoms with E-state index in [1.165, 1.54) is 12.8 Å². The van der Waals surface area contributed by atoms with Crippen LogP contribution in [-0.2, 0) is 5.60 Å². The number of hydrogen-bond donors (Lipinski definition) is 1. The third-order valence-corrected chi connectivity index (χ3v) is 5.79. The highest BCUT2D eigenvalue weighted by Gasteiger charge is 2.45. The zero-order valence-corrected chi connectivity index (χ0v) is 10.9. The van der Waals surface area contributed by atoms with Crippen LogP contribution in [0.15, 0.2) is 30.6 Å². The Morgan fingerprint density at radius 3 is 2.83 bits per heavy atom. The van der Waals surface area contributed by atoms with E-state index >= 15 is 0 Å². The fraction of sp³-hybridized carbons (Fsp3) is 0.500.